The highest BCUT2D eigenvalue weighted by Gasteiger charge is 2.11. The van der Waals surface area contributed by atoms with Crippen LogP contribution < -0.4 is 14.8 Å². The topological polar surface area (TPSA) is 47.6 Å². The van der Waals surface area contributed by atoms with Crippen LogP contribution in [0.3, 0.4) is 0 Å². The Morgan fingerprint density at radius 1 is 1.09 bits per heavy atom. The number of halogens is 1. The van der Waals surface area contributed by atoms with Crippen LogP contribution >= 0.6 is 15.9 Å². The Morgan fingerprint density at radius 3 is 2.55 bits per heavy atom. The SMILES string of the molecule is COc1cccc(CCC(=O)Nc2ccccc2Br)c1OC. The molecule has 0 aliphatic carbocycles. The van der Waals surface area contributed by atoms with Crippen molar-refractivity contribution in [3.05, 3.63) is 52.5 Å². The molecule has 0 saturated carbocycles. The third-order valence-electron chi connectivity index (χ3n) is 3.25. The third kappa shape index (κ3) is 4.01. The average Bonchev–Trinajstić information content (AvgIpc) is 2.54. The number of para-hydroxylation sites is 2. The second-order valence-corrected chi connectivity index (χ2v) is 5.54. The molecule has 2 aromatic rings. The molecule has 0 bridgehead atoms. The van der Waals surface area contributed by atoms with Gasteiger partial charge in [0, 0.05) is 10.9 Å². The fourth-order valence-electron chi connectivity index (χ4n) is 2.17. The lowest BCUT2D eigenvalue weighted by Crippen LogP contribution is -2.13. The largest absolute Gasteiger partial charge is 0.493 e. The van der Waals surface area contributed by atoms with Crippen molar-refractivity contribution in [3.8, 4) is 11.5 Å². The van der Waals surface area contributed by atoms with Gasteiger partial charge < -0.3 is 14.8 Å². The molecule has 0 unspecified atom stereocenters. The minimum Gasteiger partial charge on any atom is -0.493 e. The summed E-state index contributed by atoms with van der Waals surface area (Å²) in [6, 6.07) is 13.2. The maximum absolute atomic E-state index is 12.1. The number of nitrogens with one attached hydrogen (secondary N) is 1. The Hall–Kier alpha value is -2.01. The minimum absolute atomic E-state index is 0.0447. The van der Waals surface area contributed by atoms with Crippen LogP contribution in [0.15, 0.2) is 46.9 Å². The van der Waals surface area contributed by atoms with Crippen LogP contribution in [-0.4, -0.2) is 20.1 Å². The van der Waals surface area contributed by atoms with Gasteiger partial charge >= 0.3 is 0 Å². The Morgan fingerprint density at radius 2 is 1.86 bits per heavy atom. The van der Waals surface area contributed by atoms with E-state index in [9.17, 15) is 4.79 Å². The van der Waals surface area contributed by atoms with E-state index in [0.717, 1.165) is 15.7 Å². The van der Waals surface area contributed by atoms with Gasteiger partial charge in [0.05, 0.1) is 19.9 Å². The normalized spacial score (nSPS) is 10.1. The number of carbonyl (C=O) groups excluding carboxylic acids is 1. The van der Waals surface area contributed by atoms with Gasteiger partial charge in [-0.2, -0.15) is 0 Å². The second-order valence-electron chi connectivity index (χ2n) is 4.68. The predicted molar refractivity (Wildman–Crippen MR) is 90.6 cm³/mol. The highest BCUT2D eigenvalue weighted by molar-refractivity contribution is 9.10. The monoisotopic (exact) mass is 363 g/mol. The molecule has 4 nitrogen and oxygen atoms in total. The van der Waals surface area contributed by atoms with Gasteiger partial charge in [-0.15, -0.1) is 0 Å². The van der Waals surface area contributed by atoms with E-state index in [0.29, 0.717) is 24.3 Å². The Balaban J connectivity index is 2.01. The zero-order valence-corrected chi connectivity index (χ0v) is 14.1. The van der Waals surface area contributed by atoms with Crippen molar-refractivity contribution < 1.29 is 14.3 Å². The van der Waals surface area contributed by atoms with E-state index in [2.05, 4.69) is 21.2 Å². The van der Waals surface area contributed by atoms with Crippen LogP contribution in [0.25, 0.3) is 0 Å². The Kier molecular flexibility index (Phi) is 5.83. The van der Waals surface area contributed by atoms with E-state index < -0.39 is 0 Å². The highest BCUT2D eigenvalue weighted by Crippen LogP contribution is 2.31. The van der Waals surface area contributed by atoms with Gasteiger partial charge in [-0.3, -0.25) is 4.79 Å². The molecule has 0 fully saturated rings. The third-order valence-corrected chi connectivity index (χ3v) is 3.95. The summed E-state index contributed by atoms with van der Waals surface area (Å²) in [5, 5.41) is 2.89. The van der Waals surface area contributed by atoms with Crippen molar-refractivity contribution in [3.63, 3.8) is 0 Å². The first-order valence-electron chi connectivity index (χ1n) is 6.90. The van der Waals surface area contributed by atoms with Gasteiger partial charge in [0.15, 0.2) is 11.5 Å². The minimum atomic E-state index is -0.0447. The maximum Gasteiger partial charge on any atom is 0.224 e. The lowest BCUT2D eigenvalue weighted by molar-refractivity contribution is -0.116. The van der Waals surface area contributed by atoms with Crippen LogP contribution in [0.1, 0.15) is 12.0 Å². The van der Waals surface area contributed by atoms with Crippen LogP contribution in [0.5, 0.6) is 11.5 Å². The molecule has 0 radical (unpaired) electrons. The van der Waals surface area contributed by atoms with Gasteiger partial charge in [-0.25, -0.2) is 0 Å². The van der Waals surface area contributed by atoms with Crippen molar-refractivity contribution >= 4 is 27.5 Å². The fourth-order valence-corrected chi connectivity index (χ4v) is 2.56. The summed E-state index contributed by atoms with van der Waals surface area (Å²) in [6.45, 7) is 0. The van der Waals surface area contributed by atoms with Crippen LogP contribution in [0.2, 0.25) is 0 Å². The van der Waals surface area contributed by atoms with E-state index in [1.165, 1.54) is 0 Å². The number of ether oxygens (including phenoxy) is 2. The molecule has 0 saturated heterocycles. The molecule has 0 heterocycles. The molecule has 0 spiro atoms. The summed E-state index contributed by atoms with van der Waals surface area (Å²) in [5.74, 6) is 1.31. The number of aryl methyl sites for hydroxylation is 1. The van der Waals surface area contributed by atoms with Gasteiger partial charge in [-0.05, 0) is 46.1 Å². The van der Waals surface area contributed by atoms with Gasteiger partial charge in [0.1, 0.15) is 0 Å². The fraction of sp³-hybridized carbons (Fsp3) is 0.235. The molecule has 2 aromatic carbocycles. The van der Waals surface area contributed by atoms with Crippen molar-refractivity contribution in [1.82, 2.24) is 0 Å². The molecule has 0 aromatic heterocycles. The van der Waals surface area contributed by atoms with E-state index >= 15 is 0 Å². The molecular weight excluding hydrogens is 346 g/mol. The number of hydrogen-bond acceptors (Lipinski definition) is 3. The van der Waals surface area contributed by atoms with Gasteiger partial charge in [0.2, 0.25) is 5.91 Å². The molecule has 5 heteroatoms. The Bertz CT molecular complexity index is 658. The Labute approximate surface area is 138 Å². The molecule has 22 heavy (non-hydrogen) atoms. The molecule has 1 amide bonds. The van der Waals surface area contributed by atoms with Crippen LogP contribution in [-0.2, 0) is 11.2 Å². The van der Waals surface area contributed by atoms with E-state index in [4.69, 9.17) is 9.47 Å². The number of carbonyl (C=O) groups is 1. The zero-order valence-electron chi connectivity index (χ0n) is 12.6. The number of amides is 1. The molecule has 116 valence electrons. The molecule has 0 atom stereocenters. The quantitative estimate of drug-likeness (QED) is 0.842. The number of rotatable bonds is 6. The van der Waals surface area contributed by atoms with E-state index in [1.807, 2.05) is 42.5 Å². The molecule has 1 N–H and O–H groups in total. The lowest BCUT2D eigenvalue weighted by Gasteiger charge is -2.12. The van der Waals surface area contributed by atoms with Crippen molar-refractivity contribution in [2.75, 3.05) is 19.5 Å². The molecular formula is C17H18BrNO3. The summed E-state index contributed by atoms with van der Waals surface area (Å²) < 4.78 is 11.5. The van der Waals surface area contributed by atoms with Crippen molar-refractivity contribution in [2.45, 2.75) is 12.8 Å². The second kappa shape index (κ2) is 7.84. The first-order chi connectivity index (χ1) is 10.7. The number of anilines is 1. The van der Waals surface area contributed by atoms with Crippen LogP contribution in [0.4, 0.5) is 5.69 Å². The van der Waals surface area contributed by atoms with E-state index in [1.54, 1.807) is 14.2 Å². The number of hydrogen-bond donors (Lipinski definition) is 1. The van der Waals surface area contributed by atoms with Gasteiger partial charge in [0.25, 0.3) is 0 Å². The number of benzene rings is 2. The first-order valence-corrected chi connectivity index (χ1v) is 7.69. The summed E-state index contributed by atoms with van der Waals surface area (Å²) in [6.07, 6.45) is 0.946. The first kappa shape index (κ1) is 16.4. The summed E-state index contributed by atoms with van der Waals surface area (Å²) in [4.78, 5) is 12.1. The summed E-state index contributed by atoms with van der Waals surface area (Å²) in [7, 11) is 3.20. The highest BCUT2D eigenvalue weighted by atomic mass is 79.9. The average molecular weight is 364 g/mol. The molecule has 0 aliphatic heterocycles. The summed E-state index contributed by atoms with van der Waals surface area (Å²) in [5.41, 5.74) is 1.72. The molecule has 0 aliphatic rings. The smallest absolute Gasteiger partial charge is 0.224 e. The summed E-state index contributed by atoms with van der Waals surface area (Å²) >= 11 is 3.41. The van der Waals surface area contributed by atoms with Crippen molar-refractivity contribution in [1.29, 1.82) is 0 Å². The zero-order chi connectivity index (χ0) is 15.9. The van der Waals surface area contributed by atoms with Gasteiger partial charge in [-0.1, -0.05) is 24.3 Å². The lowest BCUT2D eigenvalue weighted by atomic mass is 10.1. The van der Waals surface area contributed by atoms with Crippen molar-refractivity contribution in [2.24, 2.45) is 0 Å². The maximum atomic E-state index is 12.1. The number of methoxy groups -OCH3 is 2. The van der Waals surface area contributed by atoms with E-state index in [-0.39, 0.29) is 5.91 Å². The molecule has 2 rings (SSSR count). The predicted octanol–water partition coefficient (Wildman–Crippen LogP) is 4.04. The van der Waals surface area contributed by atoms with Crippen LogP contribution in [0, 0.1) is 0 Å². The standard InChI is InChI=1S/C17H18BrNO3/c1-21-15-9-5-6-12(17(15)22-2)10-11-16(20)19-14-8-4-3-7-13(14)18/h3-9H,10-11H2,1-2H3,(H,19,20).